The Hall–Kier alpha value is -5.46. The number of nitrogens with one attached hydrogen (secondary N) is 3. The number of carbonyl (C=O) groups excluding carboxylic acids is 10. The number of ketones is 2. The standard InChI is InChI=1S/C23H35NO7.C16H25N3O10.2C6H12O2.C5H7O3.C4H6O4.C4H4O3.8ClH.8H2N.3H2O.4Pt/c1-4-13-29-21(26)11-10-19(23(28)31-15-6-3)17-20(25)16-18(9-7-8-12-24)22(27)30-14-5-2;20-9-29-12(5-7-14(24)25)19-16(28)18-10(15(26)27)3-1-2-8-17-11(21)4-6-13(22)23;2*1-2-3-4-5-6(7)8;1-4(6)2-3-5(7)8;5-3(6)1-2-4(7)8;5-3-1-2-4(6)7-3;;;;;;;;;;;;;;;;;;;;;;;/h4-6,18-19H,1-3,7-17,24H2;9-10,12H,1-8H2,(H,17,21)(H,22,23)(H,24,25)(H,26,27)(H2,18,19,28);2*2-5H2,1H3,(H,7,8);1-3H2,(H,7,8);1-2H2,(H,5,6)(H,7,8);1-2H2;8*1H;11*1H2;;;;/q;;;;-1;;;;;;;;;;;8*-1;;;;+2;3*+4/p-8/t18-,19-;10-,12+;;;;;;;;;;;;;;;;;;;;;;;;;;;;/m10............................/s1. The molecule has 1 aliphatic heterocycles. The van der Waals surface area contributed by atoms with Crippen LogP contribution in [0.25, 0.3) is 49.2 Å². The molecule has 0 saturated carbocycles. The van der Waals surface area contributed by atoms with Crippen molar-refractivity contribution in [1.82, 2.24) is 16.0 Å². The summed E-state index contributed by atoms with van der Waals surface area (Å²) >= 11 is -1.89. The summed E-state index contributed by atoms with van der Waals surface area (Å²) < 4.78 is 23.7. The third kappa shape index (κ3) is 165. The van der Waals surface area contributed by atoms with Gasteiger partial charge in [-0.3, -0.25) is 71.9 Å². The van der Waals surface area contributed by atoms with Gasteiger partial charge in [-0.2, -0.15) is 0 Å². The number of carbonyl (C=O) groups is 18. The van der Waals surface area contributed by atoms with Crippen molar-refractivity contribution in [3.63, 3.8) is 0 Å². The average Bonchev–Trinajstić information content (AvgIpc) is 1.23. The summed E-state index contributed by atoms with van der Waals surface area (Å²) in [6, 6.07) is -2.20. The molecule has 1 fully saturated rings. The quantitative estimate of drug-likeness (QED) is 0.00393. The second-order valence-electron chi connectivity index (χ2n) is 20.8. The van der Waals surface area contributed by atoms with E-state index in [2.05, 4.69) is 65.9 Å². The van der Waals surface area contributed by atoms with Crippen LogP contribution in [0.15, 0.2) is 38.0 Å². The largest absolute Gasteiger partial charge is 0.693 e. The molecule has 742 valence electrons. The molecule has 0 aromatic heterocycles. The van der Waals surface area contributed by atoms with Crippen molar-refractivity contribution < 1.29 is 233 Å². The van der Waals surface area contributed by atoms with Gasteiger partial charge in [0.2, 0.25) is 5.91 Å². The summed E-state index contributed by atoms with van der Waals surface area (Å²) in [5, 5.41) is 73.2. The number of unbranched alkanes of at least 4 members (excludes halogenated alkanes) is 6. The molecule has 4 atom stereocenters. The van der Waals surface area contributed by atoms with Crippen molar-refractivity contribution in [3.05, 3.63) is 94.1 Å². The topological polar surface area (TPSA) is 940 Å². The predicted molar refractivity (Wildman–Crippen MR) is 447 cm³/mol. The van der Waals surface area contributed by atoms with E-state index >= 15 is 0 Å². The number of rotatable bonds is 49. The molecule has 122 heavy (non-hydrogen) atoms. The zero-order valence-electron chi connectivity index (χ0n) is 66.7. The molecule has 0 spiro atoms. The van der Waals surface area contributed by atoms with Crippen LogP contribution in [0.2, 0.25) is 0 Å². The van der Waals surface area contributed by atoms with Crippen LogP contribution >= 0.6 is 75.3 Å². The molecule has 0 bridgehead atoms. The van der Waals surface area contributed by atoms with E-state index in [4.69, 9.17) is 136 Å². The van der Waals surface area contributed by atoms with Crippen LogP contribution in [0.5, 0.6) is 0 Å². The molecule has 58 heteroatoms. The predicted octanol–water partition coefficient (Wildman–Crippen LogP) is 14.0. The summed E-state index contributed by atoms with van der Waals surface area (Å²) in [6.45, 7) is 18.4. The number of halogens is 8. The van der Waals surface area contributed by atoms with Gasteiger partial charge in [0, 0.05) is 57.9 Å². The van der Waals surface area contributed by atoms with Gasteiger partial charge in [-0.15, -0.1) is 0 Å². The van der Waals surface area contributed by atoms with Crippen molar-refractivity contribution in [3.8, 4) is 0 Å². The van der Waals surface area contributed by atoms with Crippen LogP contribution in [-0.2, 0) is 171 Å². The maximum absolute atomic E-state index is 12.7. The van der Waals surface area contributed by atoms with Crippen molar-refractivity contribution in [2.24, 2.45) is 17.6 Å². The van der Waals surface area contributed by atoms with Gasteiger partial charge >= 0.3 is 225 Å². The van der Waals surface area contributed by atoms with Gasteiger partial charge in [0.25, 0.3) is 6.47 Å². The summed E-state index contributed by atoms with van der Waals surface area (Å²) in [7, 11) is 39.0. The van der Waals surface area contributed by atoms with Gasteiger partial charge < -0.3 is 164 Å². The smallest absolute Gasteiger partial charge is 0.693 e. The van der Waals surface area contributed by atoms with E-state index in [9.17, 15) is 86.3 Å². The number of hydrogen-bond donors (Lipinski definition) is 12. The Morgan fingerprint density at radius 2 is 0.836 bits per heavy atom. The van der Waals surface area contributed by atoms with E-state index in [1.165, 1.54) is 18.2 Å². The third-order valence-corrected chi connectivity index (χ3v) is 11.8. The molecule has 0 aromatic rings. The van der Waals surface area contributed by atoms with Crippen LogP contribution in [0.3, 0.4) is 0 Å². The number of amides is 3. The van der Waals surface area contributed by atoms with Crippen LogP contribution in [0.4, 0.5) is 4.79 Å². The molecular weight excluding hydrogens is 2540 g/mol. The Bertz CT molecular complexity index is 2580. The molecule has 1 aliphatic rings. The molecule has 0 unspecified atom stereocenters. The van der Waals surface area contributed by atoms with E-state index < -0.39 is 180 Å². The van der Waals surface area contributed by atoms with Gasteiger partial charge in [-0.05, 0) is 70.1 Å². The number of urea groups is 1. The Kier molecular flexibility index (Phi) is 187. The molecule has 0 radical (unpaired) electrons. The molecule has 0 aliphatic carbocycles. The van der Waals surface area contributed by atoms with Crippen LogP contribution in [-0.4, -0.2) is 210 Å². The monoisotopic (exact) mass is 2660 g/mol. The minimum absolute atomic E-state index is 0. The average molecular weight is 2670 g/mol. The Morgan fingerprint density at radius 1 is 0.492 bits per heavy atom. The minimum atomic E-state index is -1.30. The first-order chi connectivity index (χ1) is 52.3. The third-order valence-electron chi connectivity index (χ3n) is 11.8. The number of esters is 5. The first-order valence-electron chi connectivity index (χ1n) is 32.4. The molecular formula is C64H123Cl8N12O34Pt4-3. The molecule has 46 nitrogen and oxygen atoms in total. The number of nitrogens with two attached hydrogens (primary N) is 9. The fourth-order valence-corrected chi connectivity index (χ4v) is 6.86. The Labute approximate surface area is 776 Å². The molecule has 0 aromatic carbocycles. The molecule has 1 saturated heterocycles. The van der Waals surface area contributed by atoms with Crippen LogP contribution < -0.4 is 21.7 Å². The maximum Gasteiger partial charge on any atom is -0.693 e. The zero-order chi connectivity index (χ0) is 87.8. The number of ether oxygens (including phenoxy) is 5. The Balaban J connectivity index is -0.0000000534. The van der Waals surface area contributed by atoms with Crippen molar-refractivity contribution in [1.29, 1.82) is 0 Å². The normalized spacial score (nSPS) is 10.2. The molecule has 1 heterocycles. The summed E-state index contributed by atoms with van der Waals surface area (Å²) in [4.78, 5) is 194. The number of aliphatic carboxylic acids is 8. The zero-order valence-corrected chi connectivity index (χ0v) is 81.9. The fraction of sp³-hybridized carbons (Fsp3) is 0.609. The van der Waals surface area contributed by atoms with Gasteiger partial charge in [-0.1, -0.05) is 83.9 Å². The minimum Gasteiger partial charge on any atom is -0.693 e. The fourth-order valence-electron chi connectivity index (χ4n) is 6.86. The number of Topliss-reactive ketones (excluding diaryl/α,β-unsaturated/α-hetero) is 2. The number of carboxylic acids is 8. The van der Waals surface area contributed by atoms with E-state index in [0.29, 0.717) is 45.1 Å². The van der Waals surface area contributed by atoms with Crippen molar-refractivity contribution in [2.45, 2.75) is 206 Å². The summed E-state index contributed by atoms with van der Waals surface area (Å²) in [5.74, 6) is -12.9. The van der Waals surface area contributed by atoms with Crippen LogP contribution in [0, 0.1) is 18.8 Å². The molecule has 1 rings (SSSR count). The molecule has 3 amide bonds. The first-order valence-corrected chi connectivity index (χ1v) is 54.9. The van der Waals surface area contributed by atoms with Gasteiger partial charge in [0.1, 0.15) is 31.6 Å². The summed E-state index contributed by atoms with van der Waals surface area (Å²) in [6.07, 6.45) is 11.0. The van der Waals surface area contributed by atoms with Gasteiger partial charge in [-0.25, -0.2) is 9.59 Å². The van der Waals surface area contributed by atoms with Crippen molar-refractivity contribution >= 4 is 183 Å². The van der Waals surface area contributed by atoms with E-state index in [0.717, 1.165) is 44.9 Å². The molecule has 35 N–H and O–H groups in total. The van der Waals surface area contributed by atoms with Crippen LogP contribution in [0.1, 0.15) is 194 Å². The number of cyclic esters (lactones) is 2. The van der Waals surface area contributed by atoms with Gasteiger partial charge in [0.15, 0.2) is 6.23 Å². The number of hydrogen-bond acceptors (Lipinski definition) is 24. The van der Waals surface area contributed by atoms with Gasteiger partial charge in [0.05, 0.1) is 50.4 Å². The Morgan fingerprint density at radius 3 is 1.14 bits per heavy atom. The first kappa shape index (κ1) is 170. The van der Waals surface area contributed by atoms with Crippen molar-refractivity contribution in [2.75, 3.05) is 32.9 Å². The second-order valence-corrected chi connectivity index (χ2v) is 34.0. The van der Waals surface area contributed by atoms with E-state index in [-0.39, 0.29) is 206 Å². The van der Waals surface area contributed by atoms with E-state index in [1.807, 2.05) is 0 Å². The van der Waals surface area contributed by atoms with E-state index in [1.54, 1.807) is 0 Å². The SMILES string of the molecule is C=CCOC(=O)CC[C@H](CC(=O)C[C@@H](CCCCN)C(=O)OCC=C)C(=O)OCC=C.CCCCCC(=O)O.CCCCCC(=O)O.O.O.O.O=C(O)CCC(=O)O.O=C1CCC(=O)O1.O=CO[C@H](CCC(=O)O)NC(=O)N[C@@H](CCCCNC(=O)CCC(=O)O)C(=O)O.[CH2-]C(=O)CCC(=O)O.[Cl][Pt+2][Cl].[Cl][Pt+2][Cl].[Cl][Pt+2][Cl].[Cl][Pt][Cl].[NH2-].[NH2-].[NH2-].[NH2-].[NH2-].[NH2-].[NH2-].[NH2-]. The maximum atomic E-state index is 12.7. The number of carboxylic acid groups (broad SMARTS) is 8. The second kappa shape index (κ2) is 134. The summed E-state index contributed by atoms with van der Waals surface area (Å²) in [5.41, 5.74) is 5.50.